The van der Waals surface area contributed by atoms with Crippen LogP contribution >= 0.6 is 0 Å². The Morgan fingerprint density at radius 2 is 2.00 bits per heavy atom. The molecule has 1 unspecified atom stereocenters. The highest BCUT2D eigenvalue weighted by atomic mass is 16.5. The summed E-state index contributed by atoms with van der Waals surface area (Å²) in [5.41, 5.74) is 1.20. The smallest absolute Gasteiger partial charge is 0.241 e. The molecule has 1 N–H and O–H groups in total. The van der Waals surface area contributed by atoms with Gasteiger partial charge in [-0.1, -0.05) is 43.7 Å². The Bertz CT molecular complexity index is 422. The maximum Gasteiger partial charge on any atom is 0.241 e. The van der Waals surface area contributed by atoms with Gasteiger partial charge < -0.3 is 9.64 Å². The molecule has 1 fully saturated rings. The summed E-state index contributed by atoms with van der Waals surface area (Å²) in [5, 5.41) is 3.30. The minimum Gasteiger partial charge on any atom is -0.381 e. The molecule has 4 nitrogen and oxygen atoms in total. The van der Waals surface area contributed by atoms with Crippen LogP contribution in [0.25, 0.3) is 0 Å². The second kappa shape index (κ2) is 8.80. The van der Waals surface area contributed by atoms with Crippen molar-refractivity contribution in [3.63, 3.8) is 0 Å². The Morgan fingerprint density at radius 1 is 1.24 bits per heavy atom. The number of hydrogen-bond donors (Lipinski definition) is 1. The molecule has 2 rings (SSSR count). The van der Waals surface area contributed by atoms with Crippen LogP contribution in [0.1, 0.15) is 31.7 Å². The fourth-order valence-electron chi connectivity index (χ4n) is 2.51. The van der Waals surface area contributed by atoms with E-state index in [0.717, 1.165) is 45.4 Å². The third-order valence-corrected chi connectivity index (χ3v) is 3.78. The Morgan fingerprint density at radius 3 is 2.76 bits per heavy atom. The van der Waals surface area contributed by atoms with E-state index >= 15 is 0 Å². The van der Waals surface area contributed by atoms with Crippen LogP contribution in [0.4, 0.5) is 0 Å². The number of nitrogens with zero attached hydrogens (tertiary/aromatic N) is 1. The van der Waals surface area contributed by atoms with Crippen molar-refractivity contribution in [2.75, 3.05) is 26.4 Å². The molecular formula is C17H26N2O2. The number of hydrogen-bond acceptors (Lipinski definition) is 3. The standard InChI is InChI=1S/C17H26N2O2/c1-2-3-11-21-12-7-10-19-14-18-16(17(19)20)13-15-8-5-4-6-9-15/h4-6,8-9,16,18H,2-3,7,10-14H2,1H3. The van der Waals surface area contributed by atoms with E-state index in [4.69, 9.17) is 4.74 Å². The topological polar surface area (TPSA) is 41.6 Å². The van der Waals surface area contributed by atoms with E-state index in [0.29, 0.717) is 6.67 Å². The summed E-state index contributed by atoms with van der Waals surface area (Å²) in [7, 11) is 0. The largest absolute Gasteiger partial charge is 0.381 e. The number of carbonyl (C=O) groups excluding carboxylic acids is 1. The molecule has 1 saturated heterocycles. The first kappa shape index (κ1) is 16.0. The zero-order chi connectivity index (χ0) is 14.9. The summed E-state index contributed by atoms with van der Waals surface area (Å²) in [4.78, 5) is 14.2. The van der Waals surface area contributed by atoms with Gasteiger partial charge in [-0.05, 0) is 24.8 Å². The molecule has 1 heterocycles. The molecule has 1 aromatic carbocycles. The Kier molecular flexibility index (Phi) is 6.70. The Labute approximate surface area is 127 Å². The maximum absolute atomic E-state index is 12.3. The van der Waals surface area contributed by atoms with Crippen LogP contribution in [0.5, 0.6) is 0 Å². The van der Waals surface area contributed by atoms with Gasteiger partial charge in [0.25, 0.3) is 0 Å². The summed E-state index contributed by atoms with van der Waals surface area (Å²) < 4.78 is 5.53. The minimum absolute atomic E-state index is 0.0755. The molecule has 1 amide bonds. The minimum atomic E-state index is -0.0755. The summed E-state index contributed by atoms with van der Waals surface area (Å²) in [5.74, 6) is 0.215. The van der Waals surface area contributed by atoms with E-state index in [-0.39, 0.29) is 11.9 Å². The molecule has 0 radical (unpaired) electrons. The lowest BCUT2D eigenvalue weighted by molar-refractivity contribution is -0.129. The van der Waals surface area contributed by atoms with Crippen LogP contribution in [0.3, 0.4) is 0 Å². The van der Waals surface area contributed by atoms with E-state index in [9.17, 15) is 4.79 Å². The lowest BCUT2D eigenvalue weighted by Crippen LogP contribution is -2.33. The second-order valence-electron chi connectivity index (χ2n) is 5.53. The normalized spacial score (nSPS) is 18.4. The molecule has 1 atom stereocenters. The summed E-state index contributed by atoms with van der Waals surface area (Å²) in [6, 6.07) is 10.1. The zero-order valence-corrected chi connectivity index (χ0v) is 12.9. The van der Waals surface area contributed by atoms with Gasteiger partial charge in [0.1, 0.15) is 0 Å². The van der Waals surface area contributed by atoms with Crippen molar-refractivity contribution in [3.05, 3.63) is 35.9 Å². The van der Waals surface area contributed by atoms with Crippen molar-refractivity contribution in [3.8, 4) is 0 Å². The van der Waals surface area contributed by atoms with E-state index in [2.05, 4.69) is 24.4 Å². The van der Waals surface area contributed by atoms with Crippen molar-refractivity contribution in [2.24, 2.45) is 0 Å². The Balaban J connectivity index is 1.67. The van der Waals surface area contributed by atoms with Gasteiger partial charge in [-0.3, -0.25) is 10.1 Å². The van der Waals surface area contributed by atoms with Gasteiger partial charge in [0, 0.05) is 19.8 Å². The van der Waals surface area contributed by atoms with Gasteiger partial charge in [-0.15, -0.1) is 0 Å². The van der Waals surface area contributed by atoms with Gasteiger partial charge in [0.05, 0.1) is 12.7 Å². The highest BCUT2D eigenvalue weighted by Crippen LogP contribution is 2.10. The van der Waals surface area contributed by atoms with E-state index in [1.54, 1.807) is 0 Å². The van der Waals surface area contributed by atoms with Gasteiger partial charge in [0.15, 0.2) is 0 Å². The molecule has 0 aromatic heterocycles. The third kappa shape index (κ3) is 5.14. The number of unbranched alkanes of at least 4 members (excludes halogenated alkanes) is 1. The van der Waals surface area contributed by atoms with E-state index in [1.807, 2.05) is 23.1 Å². The fourth-order valence-corrected chi connectivity index (χ4v) is 2.51. The molecular weight excluding hydrogens is 264 g/mol. The van der Waals surface area contributed by atoms with E-state index < -0.39 is 0 Å². The number of amides is 1. The van der Waals surface area contributed by atoms with Crippen LogP contribution in [-0.4, -0.2) is 43.3 Å². The number of carbonyl (C=O) groups is 1. The monoisotopic (exact) mass is 290 g/mol. The van der Waals surface area contributed by atoms with Crippen molar-refractivity contribution >= 4 is 5.91 Å². The molecule has 0 saturated carbocycles. The molecule has 116 valence electrons. The quantitative estimate of drug-likeness (QED) is 0.709. The van der Waals surface area contributed by atoms with Crippen molar-refractivity contribution < 1.29 is 9.53 Å². The molecule has 1 aliphatic heterocycles. The van der Waals surface area contributed by atoms with Crippen molar-refractivity contribution in [1.82, 2.24) is 10.2 Å². The first-order valence-electron chi connectivity index (χ1n) is 7.95. The Hall–Kier alpha value is -1.39. The average Bonchev–Trinajstić information content (AvgIpc) is 2.85. The molecule has 0 bridgehead atoms. The predicted octanol–water partition coefficient (Wildman–Crippen LogP) is 2.19. The van der Waals surface area contributed by atoms with Crippen LogP contribution < -0.4 is 5.32 Å². The number of nitrogens with one attached hydrogen (secondary N) is 1. The van der Waals surface area contributed by atoms with Gasteiger partial charge in [-0.25, -0.2) is 0 Å². The molecule has 4 heteroatoms. The highest BCUT2D eigenvalue weighted by Gasteiger charge is 2.30. The molecule has 1 aromatic rings. The molecule has 0 aliphatic carbocycles. The average molecular weight is 290 g/mol. The van der Waals surface area contributed by atoms with Crippen molar-refractivity contribution in [2.45, 2.75) is 38.6 Å². The molecule has 1 aliphatic rings. The number of ether oxygens (including phenoxy) is 1. The lowest BCUT2D eigenvalue weighted by atomic mass is 10.1. The van der Waals surface area contributed by atoms with Crippen molar-refractivity contribution in [1.29, 1.82) is 0 Å². The molecule has 0 spiro atoms. The summed E-state index contributed by atoms with van der Waals surface area (Å²) in [6.45, 7) is 5.17. The second-order valence-corrected chi connectivity index (χ2v) is 5.53. The van der Waals surface area contributed by atoms with Gasteiger partial charge in [0.2, 0.25) is 5.91 Å². The van der Waals surface area contributed by atoms with Crippen LogP contribution in [-0.2, 0) is 16.0 Å². The predicted molar refractivity (Wildman–Crippen MR) is 84.0 cm³/mol. The van der Waals surface area contributed by atoms with Crippen LogP contribution in [0.2, 0.25) is 0 Å². The number of benzene rings is 1. The van der Waals surface area contributed by atoms with Crippen LogP contribution in [0.15, 0.2) is 30.3 Å². The first-order chi connectivity index (χ1) is 10.3. The van der Waals surface area contributed by atoms with Gasteiger partial charge >= 0.3 is 0 Å². The van der Waals surface area contributed by atoms with Crippen LogP contribution in [0, 0.1) is 0 Å². The number of rotatable bonds is 9. The fraction of sp³-hybridized carbons (Fsp3) is 0.588. The molecule has 21 heavy (non-hydrogen) atoms. The van der Waals surface area contributed by atoms with E-state index in [1.165, 1.54) is 5.56 Å². The SMILES string of the molecule is CCCCOCCCN1CNC(Cc2ccccc2)C1=O. The zero-order valence-electron chi connectivity index (χ0n) is 12.9. The summed E-state index contributed by atoms with van der Waals surface area (Å²) in [6.07, 6.45) is 3.96. The van der Waals surface area contributed by atoms with Gasteiger partial charge in [-0.2, -0.15) is 0 Å². The lowest BCUT2D eigenvalue weighted by Gasteiger charge is -2.15. The first-order valence-corrected chi connectivity index (χ1v) is 7.95. The maximum atomic E-state index is 12.3. The summed E-state index contributed by atoms with van der Waals surface area (Å²) >= 11 is 0. The highest BCUT2D eigenvalue weighted by molar-refractivity contribution is 5.84. The third-order valence-electron chi connectivity index (χ3n) is 3.78.